The number of rotatable bonds is 2. The van der Waals surface area contributed by atoms with E-state index in [1.54, 1.807) is 0 Å². The molecule has 1 N–H and O–H groups in total. The molecule has 0 atom stereocenters. The van der Waals surface area contributed by atoms with Gasteiger partial charge in [0.15, 0.2) is 0 Å². The molecule has 0 aliphatic heterocycles. The Morgan fingerprint density at radius 2 is 2.33 bits per heavy atom. The zero-order valence-electron chi connectivity index (χ0n) is 8.10. The van der Waals surface area contributed by atoms with Gasteiger partial charge in [-0.25, -0.2) is 4.79 Å². The predicted octanol–water partition coefficient (Wildman–Crippen LogP) is 1.92. The molecule has 1 aromatic heterocycles. The third kappa shape index (κ3) is 1.68. The molecule has 0 bridgehead atoms. The highest BCUT2D eigenvalue weighted by Gasteiger charge is 2.22. The van der Waals surface area contributed by atoms with Crippen molar-refractivity contribution in [3.05, 3.63) is 29.1 Å². The molecule has 1 aliphatic rings. The molecule has 4 heteroatoms. The molecular weight excluding hydrogens is 192 g/mol. The lowest BCUT2D eigenvalue weighted by atomic mass is 9.82. The van der Waals surface area contributed by atoms with Gasteiger partial charge in [-0.05, 0) is 18.9 Å². The molecule has 2 rings (SSSR count). The average molecular weight is 202 g/mol. The lowest BCUT2D eigenvalue weighted by Crippen LogP contribution is -2.12. The summed E-state index contributed by atoms with van der Waals surface area (Å²) in [6.45, 7) is 0. The number of hydrogen-bond donors (Lipinski definition) is 1. The number of aromatic carboxylic acids is 1. The second-order valence-electron chi connectivity index (χ2n) is 3.70. The highest BCUT2D eigenvalue weighted by Crippen LogP contribution is 2.35. The molecule has 76 valence electrons. The van der Waals surface area contributed by atoms with Crippen LogP contribution in [-0.4, -0.2) is 16.1 Å². The smallest absolute Gasteiger partial charge is 0.337 e. The fourth-order valence-electron chi connectivity index (χ4n) is 1.66. The van der Waals surface area contributed by atoms with Gasteiger partial charge in [0.05, 0.1) is 11.1 Å². The van der Waals surface area contributed by atoms with Crippen molar-refractivity contribution in [2.75, 3.05) is 0 Å². The highest BCUT2D eigenvalue weighted by atomic mass is 16.4. The van der Waals surface area contributed by atoms with Gasteiger partial charge < -0.3 is 5.11 Å². The standard InChI is InChI=1S/C11H10N2O2/c12-5-8-6-13-10(7-2-1-3-7)4-9(8)11(14)15/h4,6-7H,1-3H2,(H,14,15). The number of nitrogens with zero attached hydrogens (tertiary/aromatic N) is 2. The topological polar surface area (TPSA) is 74.0 Å². The van der Waals surface area contributed by atoms with E-state index in [4.69, 9.17) is 10.4 Å². The molecule has 0 saturated heterocycles. The van der Waals surface area contributed by atoms with Crippen molar-refractivity contribution in [1.29, 1.82) is 5.26 Å². The highest BCUT2D eigenvalue weighted by molar-refractivity contribution is 5.90. The van der Waals surface area contributed by atoms with Crippen molar-refractivity contribution in [3.63, 3.8) is 0 Å². The van der Waals surface area contributed by atoms with Gasteiger partial charge in [0.25, 0.3) is 0 Å². The van der Waals surface area contributed by atoms with Crippen LogP contribution in [0, 0.1) is 11.3 Å². The first kappa shape index (κ1) is 9.66. The molecule has 1 aromatic rings. The largest absolute Gasteiger partial charge is 0.478 e. The first-order valence-electron chi connectivity index (χ1n) is 4.85. The van der Waals surface area contributed by atoms with Gasteiger partial charge in [0, 0.05) is 17.8 Å². The van der Waals surface area contributed by atoms with Crippen molar-refractivity contribution < 1.29 is 9.90 Å². The van der Waals surface area contributed by atoms with E-state index in [1.165, 1.54) is 18.7 Å². The van der Waals surface area contributed by atoms with Gasteiger partial charge in [-0.1, -0.05) is 6.42 Å². The van der Waals surface area contributed by atoms with Crippen molar-refractivity contribution in [2.24, 2.45) is 0 Å². The number of pyridine rings is 1. The summed E-state index contributed by atoms with van der Waals surface area (Å²) >= 11 is 0. The minimum atomic E-state index is -1.06. The van der Waals surface area contributed by atoms with Gasteiger partial charge in [0.1, 0.15) is 6.07 Å². The Kier molecular flexibility index (Phi) is 2.38. The van der Waals surface area contributed by atoms with E-state index in [2.05, 4.69) is 4.98 Å². The predicted molar refractivity (Wildman–Crippen MR) is 52.5 cm³/mol. The summed E-state index contributed by atoms with van der Waals surface area (Å²) < 4.78 is 0. The minimum absolute atomic E-state index is 0.0643. The zero-order chi connectivity index (χ0) is 10.8. The zero-order valence-corrected chi connectivity index (χ0v) is 8.10. The Morgan fingerprint density at radius 1 is 1.60 bits per heavy atom. The maximum Gasteiger partial charge on any atom is 0.337 e. The SMILES string of the molecule is N#Cc1cnc(C2CCC2)cc1C(=O)O. The van der Waals surface area contributed by atoms with Crippen molar-refractivity contribution in [3.8, 4) is 6.07 Å². The average Bonchev–Trinajstić information content (AvgIpc) is 2.15. The number of hydrogen-bond acceptors (Lipinski definition) is 3. The van der Waals surface area contributed by atoms with E-state index in [0.717, 1.165) is 18.5 Å². The van der Waals surface area contributed by atoms with Crippen molar-refractivity contribution in [2.45, 2.75) is 25.2 Å². The molecule has 4 nitrogen and oxygen atoms in total. The first-order valence-corrected chi connectivity index (χ1v) is 4.85. The van der Waals surface area contributed by atoms with Gasteiger partial charge in [-0.2, -0.15) is 5.26 Å². The van der Waals surface area contributed by atoms with Crippen LogP contribution in [0.25, 0.3) is 0 Å². The van der Waals surface area contributed by atoms with Crippen LogP contribution in [0.4, 0.5) is 0 Å². The second kappa shape index (κ2) is 3.70. The number of carboxylic acid groups (broad SMARTS) is 1. The monoisotopic (exact) mass is 202 g/mol. The van der Waals surface area contributed by atoms with Crippen molar-refractivity contribution in [1.82, 2.24) is 4.98 Å². The summed E-state index contributed by atoms with van der Waals surface area (Å²) in [4.78, 5) is 15.0. The number of aromatic nitrogens is 1. The Balaban J connectivity index is 2.41. The summed E-state index contributed by atoms with van der Waals surface area (Å²) in [5.74, 6) is -0.676. The molecule has 1 aliphatic carbocycles. The van der Waals surface area contributed by atoms with Crippen LogP contribution in [0.2, 0.25) is 0 Å². The summed E-state index contributed by atoms with van der Waals surface area (Å²) in [6.07, 6.45) is 4.67. The second-order valence-corrected chi connectivity index (χ2v) is 3.70. The molecule has 0 radical (unpaired) electrons. The third-order valence-corrected chi connectivity index (χ3v) is 2.80. The van der Waals surface area contributed by atoms with Crippen LogP contribution in [0.1, 0.15) is 46.8 Å². The Labute approximate surface area is 87.2 Å². The third-order valence-electron chi connectivity index (χ3n) is 2.80. The molecule has 1 saturated carbocycles. The van der Waals surface area contributed by atoms with E-state index in [0.29, 0.717) is 5.92 Å². The molecule has 0 spiro atoms. The molecular formula is C11H10N2O2. The Morgan fingerprint density at radius 3 is 2.80 bits per heavy atom. The van der Waals surface area contributed by atoms with Gasteiger partial charge in [-0.15, -0.1) is 0 Å². The molecule has 0 amide bonds. The van der Waals surface area contributed by atoms with E-state index in [-0.39, 0.29) is 11.1 Å². The number of carbonyl (C=O) groups is 1. The summed E-state index contributed by atoms with van der Waals surface area (Å²) in [5.41, 5.74) is 0.998. The minimum Gasteiger partial charge on any atom is -0.478 e. The Hall–Kier alpha value is -1.89. The van der Waals surface area contributed by atoms with Crippen LogP contribution in [-0.2, 0) is 0 Å². The van der Waals surface area contributed by atoms with E-state index < -0.39 is 5.97 Å². The van der Waals surface area contributed by atoms with Crippen LogP contribution in [0.15, 0.2) is 12.3 Å². The lowest BCUT2D eigenvalue weighted by Gasteiger charge is -2.24. The van der Waals surface area contributed by atoms with E-state index in [9.17, 15) is 4.79 Å². The normalized spacial score (nSPS) is 15.4. The molecule has 1 fully saturated rings. The fraction of sp³-hybridized carbons (Fsp3) is 0.364. The van der Waals surface area contributed by atoms with Gasteiger partial charge in [0.2, 0.25) is 0 Å². The summed E-state index contributed by atoms with van der Waals surface area (Å²) in [5, 5.41) is 17.6. The summed E-state index contributed by atoms with van der Waals surface area (Å²) in [7, 11) is 0. The lowest BCUT2D eigenvalue weighted by molar-refractivity contribution is 0.0696. The molecule has 0 unspecified atom stereocenters. The Bertz CT molecular complexity index is 444. The van der Waals surface area contributed by atoms with Crippen LogP contribution in [0.5, 0.6) is 0 Å². The van der Waals surface area contributed by atoms with E-state index >= 15 is 0 Å². The van der Waals surface area contributed by atoms with Crippen LogP contribution in [0.3, 0.4) is 0 Å². The molecule has 1 heterocycles. The fourth-order valence-corrected chi connectivity index (χ4v) is 1.66. The number of carboxylic acids is 1. The maximum absolute atomic E-state index is 10.9. The molecule has 0 aromatic carbocycles. The maximum atomic E-state index is 10.9. The quantitative estimate of drug-likeness (QED) is 0.795. The van der Waals surface area contributed by atoms with Gasteiger partial charge in [-0.3, -0.25) is 4.98 Å². The first-order chi connectivity index (χ1) is 7.22. The van der Waals surface area contributed by atoms with Crippen molar-refractivity contribution >= 4 is 5.97 Å². The van der Waals surface area contributed by atoms with E-state index in [1.807, 2.05) is 6.07 Å². The van der Waals surface area contributed by atoms with Gasteiger partial charge >= 0.3 is 5.97 Å². The summed E-state index contributed by atoms with van der Waals surface area (Å²) in [6, 6.07) is 3.37. The molecule has 15 heavy (non-hydrogen) atoms. The number of nitriles is 1. The van der Waals surface area contributed by atoms with Crippen LogP contribution < -0.4 is 0 Å². The van der Waals surface area contributed by atoms with Crippen LogP contribution >= 0.6 is 0 Å².